The van der Waals surface area contributed by atoms with Crippen molar-refractivity contribution in [3.8, 4) is 5.69 Å². The molecule has 4 rings (SSSR count). The Morgan fingerprint density at radius 1 is 1.19 bits per heavy atom. The Hall–Kier alpha value is -3.20. The normalized spacial score (nSPS) is 15.9. The van der Waals surface area contributed by atoms with E-state index in [2.05, 4.69) is 10.4 Å². The summed E-state index contributed by atoms with van der Waals surface area (Å²) in [5, 5.41) is 16.5. The van der Waals surface area contributed by atoms with E-state index in [1.807, 2.05) is 0 Å². The van der Waals surface area contributed by atoms with Gasteiger partial charge in [-0.3, -0.25) is 4.79 Å². The Morgan fingerprint density at radius 3 is 2.56 bits per heavy atom. The first-order valence-corrected chi connectivity index (χ1v) is 10.1. The summed E-state index contributed by atoms with van der Waals surface area (Å²) in [6.07, 6.45) is -3.35. The minimum absolute atomic E-state index is 0.0597. The third kappa shape index (κ3) is 4.52. The number of alkyl halides is 3. The number of amides is 1. The molecule has 1 aliphatic rings. The van der Waals surface area contributed by atoms with Crippen LogP contribution in [0.15, 0.2) is 54.6 Å². The van der Waals surface area contributed by atoms with Gasteiger partial charge in [-0.2, -0.15) is 18.3 Å². The standard InChI is InChI=1S/C23H21F4N3O2/c1-14(15-4-2-5-16(10-15)22(32)8-9-22)21(31)28-13-19-12-20(23(25,26)27)29-30(19)18-7-3-6-17(24)11-18/h2-7,10-12,14,32H,8-9,13H2,1H3,(H,28,31). The summed E-state index contributed by atoms with van der Waals surface area (Å²) in [6.45, 7) is 1.45. The average molecular weight is 447 g/mol. The maximum absolute atomic E-state index is 13.6. The van der Waals surface area contributed by atoms with Crippen molar-refractivity contribution in [2.45, 2.75) is 44.0 Å². The van der Waals surface area contributed by atoms with Gasteiger partial charge in [-0.25, -0.2) is 9.07 Å². The molecule has 1 fully saturated rings. The van der Waals surface area contributed by atoms with Gasteiger partial charge in [-0.1, -0.05) is 30.3 Å². The van der Waals surface area contributed by atoms with E-state index >= 15 is 0 Å². The number of rotatable bonds is 6. The molecule has 2 N–H and O–H groups in total. The van der Waals surface area contributed by atoms with Gasteiger partial charge in [0.05, 0.1) is 29.4 Å². The first-order valence-electron chi connectivity index (χ1n) is 10.1. The molecule has 1 unspecified atom stereocenters. The van der Waals surface area contributed by atoms with Crippen LogP contribution in [0.5, 0.6) is 0 Å². The molecule has 1 aliphatic carbocycles. The van der Waals surface area contributed by atoms with Gasteiger partial charge in [0.2, 0.25) is 5.91 Å². The Bertz CT molecular complexity index is 1150. The summed E-state index contributed by atoms with van der Waals surface area (Å²) in [5.74, 6) is -1.61. The molecule has 1 saturated carbocycles. The Balaban J connectivity index is 1.54. The van der Waals surface area contributed by atoms with Gasteiger partial charge >= 0.3 is 6.18 Å². The van der Waals surface area contributed by atoms with E-state index in [0.717, 1.165) is 22.4 Å². The fourth-order valence-electron chi connectivity index (χ4n) is 3.50. The SMILES string of the molecule is CC(C(=O)NCc1cc(C(F)(F)F)nn1-c1cccc(F)c1)c1cccc(C2(O)CC2)c1. The highest BCUT2D eigenvalue weighted by molar-refractivity contribution is 5.83. The predicted molar refractivity (Wildman–Crippen MR) is 108 cm³/mol. The second-order valence-electron chi connectivity index (χ2n) is 8.01. The highest BCUT2D eigenvalue weighted by Gasteiger charge is 2.42. The molecule has 0 saturated heterocycles. The average Bonchev–Trinajstić information content (AvgIpc) is 3.35. The van der Waals surface area contributed by atoms with Crippen LogP contribution < -0.4 is 5.32 Å². The maximum atomic E-state index is 13.6. The molecule has 5 nitrogen and oxygen atoms in total. The zero-order valence-corrected chi connectivity index (χ0v) is 17.2. The lowest BCUT2D eigenvalue weighted by atomic mass is 9.96. The minimum Gasteiger partial charge on any atom is -0.385 e. The third-order valence-corrected chi connectivity index (χ3v) is 5.61. The van der Waals surface area contributed by atoms with Crippen molar-refractivity contribution in [2.75, 3.05) is 0 Å². The van der Waals surface area contributed by atoms with Crippen molar-refractivity contribution < 1.29 is 27.5 Å². The molecule has 1 amide bonds. The number of nitrogens with one attached hydrogen (secondary N) is 1. The van der Waals surface area contributed by atoms with E-state index < -0.39 is 35.1 Å². The predicted octanol–water partition coefficient (Wildman–Crippen LogP) is 4.43. The molecule has 168 valence electrons. The number of benzene rings is 2. The van der Waals surface area contributed by atoms with Gasteiger partial charge in [-0.05, 0) is 55.2 Å². The lowest BCUT2D eigenvalue weighted by Gasteiger charge is -2.16. The monoisotopic (exact) mass is 447 g/mol. The Labute approximate surface area is 181 Å². The molecule has 9 heteroatoms. The van der Waals surface area contributed by atoms with Crippen LogP contribution in [-0.2, 0) is 23.1 Å². The molecule has 0 radical (unpaired) electrons. The Morgan fingerprint density at radius 2 is 1.91 bits per heavy atom. The zero-order chi connectivity index (χ0) is 23.1. The van der Waals surface area contributed by atoms with Crippen LogP contribution in [0.25, 0.3) is 5.69 Å². The maximum Gasteiger partial charge on any atom is 0.435 e. The van der Waals surface area contributed by atoms with E-state index in [9.17, 15) is 27.5 Å². The van der Waals surface area contributed by atoms with Crippen molar-refractivity contribution in [1.82, 2.24) is 15.1 Å². The first-order chi connectivity index (χ1) is 15.1. The Kier molecular flexibility index (Phi) is 5.54. The van der Waals surface area contributed by atoms with E-state index in [1.54, 1.807) is 31.2 Å². The van der Waals surface area contributed by atoms with Crippen LogP contribution in [0.1, 0.15) is 48.2 Å². The van der Waals surface area contributed by atoms with E-state index in [-0.39, 0.29) is 17.9 Å². The molecule has 1 aromatic heterocycles. The number of carbonyl (C=O) groups is 1. The molecule has 0 bridgehead atoms. The third-order valence-electron chi connectivity index (χ3n) is 5.61. The van der Waals surface area contributed by atoms with Gasteiger partial charge in [-0.15, -0.1) is 0 Å². The van der Waals surface area contributed by atoms with Gasteiger partial charge in [0, 0.05) is 0 Å². The first kappa shape index (κ1) is 22.0. The van der Waals surface area contributed by atoms with Crippen LogP contribution >= 0.6 is 0 Å². The number of hydrogen-bond acceptors (Lipinski definition) is 3. The van der Waals surface area contributed by atoms with E-state index in [4.69, 9.17) is 0 Å². The number of nitrogens with zero attached hydrogens (tertiary/aromatic N) is 2. The summed E-state index contributed by atoms with van der Waals surface area (Å²) >= 11 is 0. The van der Waals surface area contributed by atoms with E-state index in [1.165, 1.54) is 18.2 Å². The summed E-state index contributed by atoms with van der Waals surface area (Å²) in [7, 11) is 0. The van der Waals surface area contributed by atoms with Crippen LogP contribution in [-0.4, -0.2) is 20.8 Å². The highest BCUT2D eigenvalue weighted by atomic mass is 19.4. The zero-order valence-electron chi connectivity index (χ0n) is 17.2. The van der Waals surface area contributed by atoms with Crippen LogP contribution in [0.2, 0.25) is 0 Å². The molecule has 0 spiro atoms. The summed E-state index contributed by atoms with van der Waals surface area (Å²) in [6, 6.07) is 13.0. The summed E-state index contributed by atoms with van der Waals surface area (Å²) < 4.78 is 54.2. The molecule has 2 aromatic carbocycles. The van der Waals surface area contributed by atoms with Crippen molar-refractivity contribution in [1.29, 1.82) is 0 Å². The lowest BCUT2D eigenvalue weighted by molar-refractivity contribution is -0.141. The van der Waals surface area contributed by atoms with Crippen LogP contribution in [0, 0.1) is 5.82 Å². The van der Waals surface area contributed by atoms with Gasteiger partial charge in [0.15, 0.2) is 5.69 Å². The van der Waals surface area contributed by atoms with Crippen molar-refractivity contribution in [2.24, 2.45) is 0 Å². The smallest absolute Gasteiger partial charge is 0.385 e. The quantitative estimate of drug-likeness (QED) is 0.550. The van der Waals surface area contributed by atoms with Crippen LogP contribution in [0.3, 0.4) is 0 Å². The fourth-order valence-corrected chi connectivity index (χ4v) is 3.50. The molecule has 32 heavy (non-hydrogen) atoms. The molecular weight excluding hydrogens is 426 g/mol. The number of carbonyl (C=O) groups excluding carboxylic acids is 1. The number of aliphatic hydroxyl groups is 1. The van der Waals surface area contributed by atoms with Gasteiger partial charge in [0.25, 0.3) is 0 Å². The van der Waals surface area contributed by atoms with Crippen molar-refractivity contribution in [3.05, 3.63) is 82.9 Å². The summed E-state index contributed by atoms with van der Waals surface area (Å²) in [4.78, 5) is 12.7. The molecule has 1 heterocycles. The lowest BCUT2D eigenvalue weighted by Crippen LogP contribution is -2.28. The van der Waals surface area contributed by atoms with Gasteiger partial charge in [0.1, 0.15) is 5.82 Å². The molecular formula is C23H21F4N3O2. The van der Waals surface area contributed by atoms with Crippen LogP contribution in [0.4, 0.5) is 17.6 Å². The van der Waals surface area contributed by atoms with Crippen molar-refractivity contribution >= 4 is 5.91 Å². The molecule has 3 aromatic rings. The second kappa shape index (κ2) is 8.05. The van der Waals surface area contributed by atoms with E-state index in [0.29, 0.717) is 18.4 Å². The van der Waals surface area contributed by atoms with Gasteiger partial charge < -0.3 is 10.4 Å². The molecule has 0 aliphatic heterocycles. The minimum atomic E-state index is -4.69. The number of aromatic nitrogens is 2. The number of hydrogen-bond donors (Lipinski definition) is 2. The topological polar surface area (TPSA) is 67.2 Å². The highest BCUT2D eigenvalue weighted by Crippen LogP contribution is 2.45. The number of halogens is 4. The summed E-state index contributed by atoms with van der Waals surface area (Å²) in [5.41, 5.74) is -0.363. The largest absolute Gasteiger partial charge is 0.435 e. The fraction of sp³-hybridized carbons (Fsp3) is 0.304. The van der Waals surface area contributed by atoms with Crippen molar-refractivity contribution in [3.63, 3.8) is 0 Å². The second-order valence-corrected chi connectivity index (χ2v) is 8.01. The molecule has 1 atom stereocenters.